The lowest BCUT2D eigenvalue weighted by molar-refractivity contribution is -0.140. The van der Waals surface area contributed by atoms with Crippen LogP contribution in [0.15, 0.2) is 78.9 Å². The third-order valence-corrected chi connectivity index (χ3v) is 7.66. The molecule has 0 saturated carbocycles. The van der Waals surface area contributed by atoms with Gasteiger partial charge in [0, 0.05) is 18.1 Å². The summed E-state index contributed by atoms with van der Waals surface area (Å²) in [6.07, 6.45) is 3.15. The number of amides is 2. The summed E-state index contributed by atoms with van der Waals surface area (Å²) < 4.78 is 32.5. The van der Waals surface area contributed by atoms with E-state index in [0.717, 1.165) is 29.0 Å². The van der Waals surface area contributed by atoms with E-state index in [1.807, 2.05) is 44.2 Å². The van der Waals surface area contributed by atoms with Crippen molar-refractivity contribution < 1.29 is 22.7 Å². The van der Waals surface area contributed by atoms with Crippen LogP contribution in [0.1, 0.15) is 38.7 Å². The van der Waals surface area contributed by atoms with Gasteiger partial charge in [-0.2, -0.15) is 0 Å². The number of sulfonamides is 1. The molecular weight excluding hydrogens is 550 g/mol. The van der Waals surface area contributed by atoms with Crippen molar-refractivity contribution in [2.75, 3.05) is 23.7 Å². The SMILES string of the molecule is CCCCNC(=O)[C@@H](CC)N(Cc1ccc(Cl)cc1)C(=O)CN(c1ccc(Oc2ccccc2)cc1)S(C)(=O)=O. The van der Waals surface area contributed by atoms with Gasteiger partial charge in [-0.1, -0.05) is 62.2 Å². The topological polar surface area (TPSA) is 96.0 Å². The number of hydrogen-bond donors (Lipinski definition) is 1. The summed E-state index contributed by atoms with van der Waals surface area (Å²) >= 11 is 6.04. The van der Waals surface area contributed by atoms with Crippen LogP contribution in [0.3, 0.4) is 0 Å². The van der Waals surface area contributed by atoms with Gasteiger partial charge in [0.2, 0.25) is 21.8 Å². The summed E-state index contributed by atoms with van der Waals surface area (Å²) in [7, 11) is -3.84. The van der Waals surface area contributed by atoms with Gasteiger partial charge in [-0.25, -0.2) is 8.42 Å². The minimum atomic E-state index is -3.84. The molecule has 214 valence electrons. The lowest BCUT2D eigenvalue weighted by Gasteiger charge is -2.33. The minimum Gasteiger partial charge on any atom is -0.457 e. The van der Waals surface area contributed by atoms with E-state index >= 15 is 0 Å². The molecule has 3 aromatic carbocycles. The first-order valence-corrected chi connectivity index (χ1v) is 15.5. The van der Waals surface area contributed by atoms with E-state index in [1.165, 1.54) is 4.90 Å². The number of unbranched alkanes of at least 4 members (excludes halogenated alkanes) is 1. The number of halogens is 1. The lowest BCUT2D eigenvalue weighted by Crippen LogP contribution is -2.52. The molecular formula is C30H36ClN3O5S. The molecule has 3 aromatic rings. The summed E-state index contributed by atoms with van der Waals surface area (Å²) in [5.74, 6) is 0.397. The first kappa shape index (κ1) is 31.0. The Balaban J connectivity index is 1.87. The molecule has 0 aromatic heterocycles. The number of hydrogen-bond acceptors (Lipinski definition) is 5. The van der Waals surface area contributed by atoms with Crippen molar-refractivity contribution in [2.24, 2.45) is 0 Å². The molecule has 3 rings (SSSR count). The van der Waals surface area contributed by atoms with Crippen LogP contribution < -0.4 is 14.4 Å². The van der Waals surface area contributed by atoms with Gasteiger partial charge in [0.05, 0.1) is 11.9 Å². The maximum absolute atomic E-state index is 13.8. The summed E-state index contributed by atoms with van der Waals surface area (Å²) in [6.45, 7) is 4.01. The van der Waals surface area contributed by atoms with Gasteiger partial charge < -0.3 is 15.0 Å². The number of carbonyl (C=O) groups excluding carboxylic acids is 2. The number of carbonyl (C=O) groups is 2. The van der Waals surface area contributed by atoms with E-state index in [9.17, 15) is 18.0 Å². The summed E-state index contributed by atoms with van der Waals surface area (Å²) in [4.78, 5) is 28.3. The molecule has 0 spiro atoms. The van der Waals surface area contributed by atoms with Crippen LogP contribution in [0.25, 0.3) is 0 Å². The molecule has 0 saturated heterocycles. The average Bonchev–Trinajstić information content (AvgIpc) is 2.93. The Morgan fingerprint density at radius 3 is 2.12 bits per heavy atom. The zero-order valence-corrected chi connectivity index (χ0v) is 24.6. The highest BCUT2D eigenvalue weighted by Gasteiger charge is 2.31. The fourth-order valence-electron chi connectivity index (χ4n) is 4.13. The largest absolute Gasteiger partial charge is 0.457 e. The lowest BCUT2D eigenvalue weighted by atomic mass is 10.1. The zero-order valence-electron chi connectivity index (χ0n) is 23.0. The Morgan fingerprint density at radius 2 is 1.55 bits per heavy atom. The van der Waals surface area contributed by atoms with Crippen LogP contribution in [0, 0.1) is 0 Å². The van der Waals surface area contributed by atoms with Gasteiger partial charge in [0.25, 0.3) is 0 Å². The molecule has 0 aliphatic carbocycles. The van der Waals surface area contributed by atoms with Gasteiger partial charge in [0.1, 0.15) is 24.1 Å². The van der Waals surface area contributed by atoms with Crippen molar-refractivity contribution in [3.05, 3.63) is 89.4 Å². The molecule has 0 aliphatic rings. The standard InChI is InChI=1S/C30H36ClN3O5S/c1-4-6-20-32-30(36)28(5-2)33(21-23-12-14-24(31)15-13-23)29(35)22-34(40(3,37)38)25-16-18-27(19-17-25)39-26-10-8-7-9-11-26/h7-19,28H,4-6,20-22H2,1-3H3,(H,32,36)/t28-/m1/s1. The highest BCUT2D eigenvalue weighted by atomic mass is 35.5. The number of nitrogens with zero attached hydrogens (tertiary/aromatic N) is 2. The number of rotatable bonds is 14. The Kier molecular flexibility index (Phi) is 11.4. The van der Waals surface area contributed by atoms with Gasteiger partial charge in [-0.3, -0.25) is 13.9 Å². The van der Waals surface area contributed by atoms with Crippen LogP contribution in [0.2, 0.25) is 5.02 Å². The number of benzene rings is 3. The van der Waals surface area contributed by atoms with Gasteiger partial charge >= 0.3 is 0 Å². The molecule has 40 heavy (non-hydrogen) atoms. The predicted molar refractivity (Wildman–Crippen MR) is 159 cm³/mol. The quantitative estimate of drug-likeness (QED) is 0.248. The zero-order chi connectivity index (χ0) is 29.1. The van der Waals surface area contributed by atoms with E-state index in [-0.39, 0.29) is 12.5 Å². The number of anilines is 1. The Labute approximate surface area is 241 Å². The van der Waals surface area contributed by atoms with E-state index in [4.69, 9.17) is 16.3 Å². The molecule has 8 nitrogen and oxygen atoms in total. The molecule has 10 heteroatoms. The third-order valence-electron chi connectivity index (χ3n) is 6.26. The molecule has 0 fully saturated rings. The molecule has 0 bridgehead atoms. The molecule has 1 atom stereocenters. The highest BCUT2D eigenvalue weighted by Crippen LogP contribution is 2.26. The molecule has 1 N–H and O–H groups in total. The van der Waals surface area contributed by atoms with Crippen molar-refractivity contribution in [1.82, 2.24) is 10.2 Å². The first-order chi connectivity index (χ1) is 19.1. The molecule has 0 aliphatic heterocycles. The van der Waals surface area contributed by atoms with Crippen molar-refractivity contribution in [2.45, 2.75) is 45.7 Å². The van der Waals surface area contributed by atoms with Crippen LogP contribution in [0.5, 0.6) is 11.5 Å². The summed E-state index contributed by atoms with van der Waals surface area (Å²) in [5, 5.41) is 3.46. The maximum atomic E-state index is 13.8. The highest BCUT2D eigenvalue weighted by molar-refractivity contribution is 7.92. The molecule has 0 radical (unpaired) electrons. The van der Waals surface area contributed by atoms with Crippen LogP contribution in [-0.4, -0.2) is 50.5 Å². The maximum Gasteiger partial charge on any atom is 0.244 e. The van der Waals surface area contributed by atoms with Crippen molar-refractivity contribution in [3.63, 3.8) is 0 Å². The van der Waals surface area contributed by atoms with Crippen molar-refractivity contribution in [3.8, 4) is 11.5 Å². The van der Waals surface area contributed by atoms with E-state index in [2.05, 4.69) is 5.32 Å². The number of ether oxygens (including phenoxy) is 1. The normalized spacial score (nSPS) is 11.9. The molecule has 2 amide bonds. The van der Waals surface area contributed by atoms with Crippen LogP contribution in [0.4, 0.5) is 5.69 Å². The van der Waals surface area contributed by atoms with E-state index in [1.54, 1.807) is 48.5 Å². The first-order valence-electron chi connectivity index (χ1n) is 13.2. The predicted octanol–water partition coefficient (Wildman–Crippen LogP) is 5.62. The second-order valence-electron chi connectivity index (χ2n) is 9.40. The van der Waals surface area contributed by atoms with E-state index in [0.29, 0.717) is 35.2 Å². The second-order valence-corrected chi connectivity index (χ2v) is 11.7. The van der Waals surface area contributed by atoms with Crippen molar-refractivity contribution >= 4 is 39.1 Å². The average molecular weight is 586 g/mol. The Morgan fingerprint density at radius 1 is 0.925 bits per heavy atom. The Bertz CT molecular complexity index is 1350. The second kappa shape index (κ2) is 14.7. The van der Waals surface area contributed by atoms with E-state index < -0.39 is 28.5 Å². The number of para-hydroxylation sites is 1. The third kappa shape index (κ3) is 8.99. The van der Waals surface area contributed by atoms with Gasteiger partial charge in [0.15, 0.2) is 0 Å². The number of nitrogens with one attached hydrogen (secondary N) is 1. The Hall–Kier alpha value is -3.56. The monoisotopic (exact) mass is 585 g/mol. The van der Waals surface area contributed by atoms with Crippen LogP contribution in [-0.2, 0) is 26.2 Å². The van der Waals surface area contributed by atoms with Gasteiger partial charge in [-0.05, 0) is 66.9 Å². The summed E-state index contributed by atoms with van der Waals surface area (Å²) in [6, 6.07) is 21.9. The molecule has 0 heterocycles. The van der Waals surface area contributed by atoms with Crippen LogP contribution >= 0.6 is 11.6 Å². The van der Waals surface area contributed by atoms with Crippen molar-refractivity contribution in [1.29, 1.82) is 0 Å². The summed E-state index contributed by atoms with van der Waals surface area (Å²) in [5.41, 5.74) is 1.08. The fraction of sp³-hybridized carbons (Fsp3) is 0.333. The fourth-order valence-corrected chi connectivity index (χ4v) is 5.11. The molecule has 0 unspecified atom stereocenters. The smallest absolute Gasteiger partial charge is 0.244 e. The van der Waals surface area contributed by atoms with Gasteiger partial charge in [-0.15, -0.1) is 0 Å². The minimum absolute atomic E-state index is 0.122.